The summed E-state index contributed by atoms with van der Waals surface area (Å²) in [6.45, 7) is 8.32. The summed E-state index contributed by atoms with van der Waals surface area (Å²) in [5, 5.41) is 6.42. The van der Waals surface area contributed by atoms with Crippen molar-refractivity contribution in [1.29, 1.82) is 0 Å². The highest BCUT2D eigenvalue weighted by Gasteiger charge is 2.07. The first-order valence-corrected chi connectivity index (χ1v) is 9.07. The minimum absolute atomic E-state index is 0.269. The topological polar surface area (TPSA) is 53.1 Å². The predicted molar refractivity (Wildman–Crippen MR) is 110 cm³/mol. The van der Waals surface area contributed by atoms with Crippen molar-refractivity contribution >= 4 is 28.8 Å². The van der Waals surface area contributed by atoms with E-state index in [4.69, 9.17) is 0 Å². The molecule has 0 saturated carbocycles. The van der Waals surface area contributed by atoms with Gasteiger partial charge in [-0.15, -0.1) is 0 Å². The van der Waals surface area contributed by atoms with Gasteiger partial charge in [-0.2, -0.15) is 4.98 Å². The maximum absolute atomic E-state index is 13.0. The van der Waals surface area contributed by atoms with Crippen molar-refractivity contribution in [3.05, 3.63) is 66.1 Å². The molecule has 0 unspecified atom stereocenters. The van der Waals surface area contributed by atoms with E-state index in [0.717, 1.165) is 30.0 Å². The van der Waals surface area contributed by atoms with E-state index in [2.05, 4.69) is 58.4 Å². The number of hydrogen-bond acceptors (Lipinski definition) is 5. The molecule has 6 heteroatoms. The molecule has 0 amide bonds. The number of rotatable bonds is 7. The Morgan fingerprint density at radius 2 is 1.70 bits per heavy atom. The van der Waals surface area contributed by atoms with Gasteiger partial charge >= 0.3 is 0 Å². The molecule has 0 aliphatic carbocycles. The maximum atomic E-state index is 13.0. The van der Waals surface area contributed by atoms with Crippen molar-refractivity contribution in [3.63, 3.8) is 0 Å². The summed E-state index contributed by atoms with van der Waals surface area (Å²) < 4.78 is 13.0. The molecule has 0 bridgehead atoms. The number of benzene rings is 2. The zero-order valence-electron chi connectivity index (χ0n) is 15.8. The van der Waals surface area contributed by atoms with Crippen LogP contribution >= 0.6 is 0 Å². The van der Waals surface area contributed by atoms with E-state index in [1.807, 2.05) is 6.07 Å². The summed E-state index contributed by atoms with van der Waals surface area (Å²) in [6.07, 6.45) is 1.68. The Labute approximate surface area is 159 Å². The highest BCUT2D eigenvalue weighted by atomic mass is 19.1. The molecule has 0 aliphatic rings. The van der Waals surface area contributed by atoms with Gasteiger partial charge in [0.2, 0.25) is 5.95 Å². The van der Waals surface area contributed by atoms with E-state index < -0.39 is 0 Å². The van der Waals surface area contributed by atoms with Crippen molar-refractivity contribution < 1.29 is 4.39 Å². The number of nitrogens with zero attached hydrogens (tertiary/aromatic N) is 3. The number of anilines is 5. The minimum Gasteiger partial charge on any atom is -0.372 e. The molecule has 0 radical (unpaired) electrons. The number of halogens is 1. The van der Waals surface area contributed by atoms with Gasteiger partial charge in [0.1, 0.15) is 11.6 Å². The lowest BCUT2D eigenvalue weighted by Gasteiger charge is -2.22. The average Bonchev–Trinajstić information content (AvgIpc) is 2.67. The quantitative estimate of drug-likeness (QED) is 0.598. The van der Waals surface area contributed by atoms with Gasteiger partial charge in [-0.25, -0.2) is 9.37 Å². The van der Waals surface area contributed by atoms with Crippen molar-refractivity contribution in [2.75, 3.05) is 28.6 Å². The second-order valence-corrected chi connectivity index (χ2v) is 6.19. The fourth-order valence-corrected chi connectivity index (χ4v) is 2.86. The van der Waals surface area contributed by atoms with Crippen LogP contribution in [0.5, 0.6) is 0 Å². The van der Waals surface area contributed by atoms with Crippen molar-refractivity contribution in [3.8, 4) is 0 Å². The first kappa shape index (κ1) is 18.6. The summed E-state index contributed by atoms with van der Waals surface area (Å²) in [5.41, 5.74) is 4.06. The monoisotopic (exact) mass is 365 g/mol. The zero-order chi connectivity index (χ0) is 19.2. The molecule has 27 heavy (non-hydrogen) atoms. The van der Waals surface area contributed by atoms with E-state index in [1.165, 1.54) is 17.8 Å². The Kier molecular flexibility index (Phi) is 5.86. The van der Waals surface area contributed by atoms with E-state index in [9.17, 15) is 4.39 Å². The molecule has 5 nitrogen and oxygen atoms in total. The third-order valence-corrected chi connectivity index (χ3v) is 4.36. The van der Waals surface area contributed by atoms with Crippen LogP contribution in [0, 0.1) is 12.7 Å². The molecule has 0 saturated heterocycles. The first-order chi connectivity index (χ1) is 13.1. The molecule has 3 rings (SSSR count). The number of aryl methyl sites for hydroxylation is 1. The highest BCUT2D eigenvalue weighted by Crippen LogP contribution is 2.25. The molecule has 0 spiro atoms. The highest BCUT2D eigenvalue weighted by molar-refractivity contribution is 5.65. The van der Waals surface area contributed by atoms with Crippen LogP contribution in [-0.2, 0) is 0 Å². The first-order valence-electron chi connectivity index (χ1n) is 9.07. The summed E-state index contributed by atoms with van der Waals surface area (Å²) in [4.78, 5) is 11.1. The molecule has 0 atom stereocenters. The summed E-state index contributed by atoms with van der Waals surface area (Å²) in [5.74, 6) is 0.867. The lowest BCUT2D eigenvalue weighted by Crippen LogP contribution is -2.21. The third kappa shape index (κ3) is 4.73. The van der Waals surface area contributed by atoms with Gasteiger partial charge < -0.3 is 15.5 Å². The number of aromatic nitrogens is 2. The molecule has 3 aromatic rings. The number of hydrogen-bond donors (Lipinski definition) is 2. The lowest BCUT2D eigenvalue weighted by molar-refractivity contribution is 0.628. The van der Waals surface area contributed by atoms with Crippen LogP contribution in [0.15, 0.2) is 54.7 Å². The van der Waals surface area contributed by atoms with E-state index in [1.54, 1.807) is 24.4 Å². The Morgan fingerprint density at radius 3 is 2.37 bits per heavy atom. The predicted octanol–water partition coefficient (Wildman–Crippen LogP) is 5.26. The fraction of sp³-hybridized carbons (Fsp3) is 0.238. The smallest absolute Gasteiger partial charge is 0.229 e. The van der Waals surface area contributed by atoms with E-state index in [0.29, 0.717) is 11.8 Å². The second kappa shape index (κ2) is 8.49. The molecular formula is C21H24FN5. The van der Waals surface area contributed by atoms with Crippen molar-refractivity contribution in [2.24, 2.45) is 0 Å². The third-order valence-electron chi connectivity index (χ3n) is 4.36. The Hall–Kier alpha value is -3.15. The van der Waals surface area contributed by atoms with E-state index >= 15 is 0 Å². The Bertz CT molecular complexity index is 891. The van der Waals surface area contributed by atoms with Gasteiger partial charge in [-0.1, -0.05) is 0 Å². The molecule has 2 aromatic carbocycles. The van der Waals surface area contributed by atoms with Crippen LogP contribution in [0.2, 0.25) is 0 Å². The molecule has 0 aliphatic heterocycles. The van der Waals surface area contributed by atoms with Crippen LogP contribution < -0.4 is 15.5 Å². The normalized spacial score (nSPS) is 10.5. The lowest BCUT2D eigenvalue weighted by atomic mass is 10.1. The van der Waals surface area contributed by atoms with Crippen molar-refractivity contribution in [2.45, 2.75) is 20.8 Å². The SMILES string of the molecule is CCN(CC)c1ccc(Nc2nccc(Nc3ccc(F)cc3)n2)c(C)c1. The van der Waals surface area contributed by atoms with Crippen molar-refractivity contribution in [1.82, 2.24) is 9.97 Å². The van der Waals surface area contributed by atoms with Gasteiger partial charge in [0.15, 0.2) is 0 Å². The molecule has 140 valence electrons. The van der Waals surface area contributed by atoms with Gasteiger partial charge in [0, 0.05) is 36.3 Å². The second-order valence-electron chi connectivity index (χ2n) is 6.19. The van der Waals surface area contributed by atoms with Gasteiger partial charge in [0.05, 0.1) is 0 Å². The summed E-state index contributed by atoms with van der Waals surface area (Å²) >= 11 is 0. The molecule has 2 N–H and O–H groups in total. The van der Waals surface area contributed by atoms with Gasteiger partial charge in [-0.3, -0.25) is 0 Å². The van der Waals surface area contributed by atoms with Gasteiger partial charge in [0.25, 0.3) is 0 Å². The zero-order valence-corrected chi connectivity index (χ0v) is 15.8. The van der Waals surface area contributed by atoms with Crippen LogP contribution in [-0.4, -0.2) is 23.1 Å². The largest absolute Gasteiger partial charge is 0.372 e. The average molecular weight is 365 g/mol. The summed E-state index contributed by atoms with van der Waals surface area (Å²) in [7, 11) is 0. The van der Waals surface area contributed by atoms with Crippen LogP contribution in [0.25, 0.3) is 0 Å². The van der Waals surface area contributed by atoms with Crippen LogP contribution in [0.3, 0.4) is 0 Å². The Morgan fingerprint density at radius 1 is 0.963 bits per heavy atom. The number of nitrogens with one attached hydrogen (secondary N) is 2. The molecular weight excluding hydrogens is 341 g/mol. The minimum atomic E-state index is -0.269. The van der Waals surface area contributed by atoms with E-state index in [-0.39, 0.29) is 5.82 Å². The maximum Gasteiger partial charge on any atom is 0.229 e. The molecule has 1 aromatic heterocycles. The standard InChI is InChI=1S/C21H24FN5/c1-4-27(5-2)18-10-11-19(15(3)14-18)25-21-23-13-12-20(26-21)24-17-8-6-16(22)7-9-17/h6-14H,4-5H2,1-3H3,(H2,23,24,25,26). The van der Waals surface area contributed by atoms with Gasteiger partial charge in [-0.05, 0) is 74.9 Å². The molecule has 0 fully saturated rings. The van der Waals surface area contributed by atoms with Crippen LogP contribution in [0.4, 0.5) is 33.2 Å². The molecule has 1 heterocycles. The summed E-state index contributed by atoms with van der Waals surface area (Å²) in [6, 6.07) is 14.2. The van der Waals surface area contributed by atoms with Crippen LogP contribution in [0.1, 0.15) is 19.4 Å². The Balaban J connectivity index is 1.75. The fourth-order valence-electron chi connectivity index (χ4n) is 2.86.